The average molecular weight is 369 g/mol. The average Bonchev–Trinajstić information content (AvgIpc) is 3.13. The van der Waals surface area contributed by atoms with E-state index < -0.39 is 0 Å². The fourth-order valence-corrected chi connectivity index (χ4v) is 3.27. The van der Waals surface area contributed by atoms with Crippen LogP contribution in [-0.2, 0) is 12.0 Å². The van der Waals surface area contributed by atoms with Crippen molar-refractivity contribution in [1.82, 2.24) is 5.32 Å². The molecule has 0 bridgehead atoms. The zero-order chi connectivity index (χ0) is 18.6. The largest absolute Gasteiger partial charge is 0.489 e. The third-order valence-electron chi connectivity index (χ3n) is 4.15. The molecule has 5 heteroatoms. The lowest BCUT2D eigenvalue weighted by molar-refractivity contribution is 0.0978. The SMILES string of the molecule is CC(C)(C)c1ccc(OCc2ccc(C(=O)NC3=NCCS3)cc2)cc1. The molecule has 0 spiro atoms. The fraction of sp³-hybridized carbons (Fsp3) is 0.333. The first-order valence-electron chi connectivity index (χ1n) is 8.73. The Labute approximate surface area is 159 Å². The number of ether oxygens (including phenoxy) is 1. The van der Waals surface area contributed by atoms with Gasteiger partial charge < -0.3 is 10.1 Å². The molecule has 0 unspecified atom stereocenters. The molecule has 0 fully saturated rings. The van der Waals surface area contributed by atoms with Gasteiger partial charge in [0.1, 0.15) is 12.4 Å². The molecule has 4 nitrogen and oxygen atoms in total. The molecule has 0 aromatic heterocycles. The molecule has 0 saturated carbocycles. The Morgan fingerprint density at radius 2 is 1.81 bits per heavy atom. The molecule has 2 aromatic rings. The summed E-state index contributed by atoms with van der Waals surface area (Å²) in [5.74, 6) is 1.65. The van der Waals surface area contributed by atoms with Gasteiger partial charge in [0.05, 0.1) is 6.54 Å². The number of amides is 1. The number of benzene rings is 2. The molecule has 1 N–H and O–H groups in total. The van der Waals surface area contributed by atoms with Crippen LogP contribution in [0.4, 0.5) is 0 Å². The summed E-state index contributed by atoms with van der Waals surface area (Å²) in [7, 11) is 0. The summed E-state index contributed by atoms with van der Waals surface area (Å²) in [5, 5.41) is 3.54. The predicted octanol–water partition coefficient (Wildman–Crippen LogP) is 4.40. The molecule has 3 rings (SSSR count). The maximum atomic E-state index is 12.2. The second-order valence-electron chi connectivity index (χ2n) is 7.25. The van der Waals surface area contributed by atoms with Gasteiger partial charge in [0.2, 0.25) is 0 Å². The summed E-state index contributed by atoms with van der Waals surface area (Å²) < 4.78 is 5.84. The van der Waals surface area contributed by atoms with Crippen molar-refractivity contribution in [2.45, 2.75) is 32.8 Å². The minimum Gasteiger partial charge on any atom is -0.489 e. The third kappa shape index (κ3) is 4.88. The first-order valence-corrected chi connectivity index (χ1v) is 9.71. The van der Waals surface area contributed by atoms with Gasteiger partial charge in [-0.1, -0.05) is 56.8 Å². The molecule has 0 radical (unpaired) electrons. The number of rotatable bonds is 4. The standard InChI is InChI=1S/C21H24N2O2S/c1-21(2,3)17-8-10-18(11-9-17)25-14-15-4-6-16(7-5-15)19(24)23-20-22-12-13-26-20/h4-11H,12-14H2,1-3H3,(H,22,23,24). The van der Waals surface area contributed by atoms with Crippen molar-refractivity contribution < 1.29 is 9.53 Å². The van der Waals surface area contributed by atoms with Crippen LogP contribution in [0.2, 0.25) is 0 Å². The summed E-state index contributed by atoms with van der Waals surface area (Å²) >= 11 is 1.57. The van der Waals surface area contributed by atoms with Gasteiger partial charge in [-0.3, -0.25) is 9.79 Å². The Morgan fingerprint density at radius 3 is 2.38 bits per heavy atom. The van der Waals surface area contributed by atoms with Crippen LogP contribution in [0, 0.1) is 0 Å². The molecule has 1 heterocycles. The molecule has 26 heavy (non-hydrogen) atoms. The molecule has 1 aliphatic heterocycles. The number of nitrogens with one attached hydrogen (secondary N) is 1. The van der Waals surface area contributed by atoms with E-state index in [4.69, 9.17) is 4.74 Å². The molecule has 0 atom stereocenters. The highest BCUT2D eigenvalue weighted by Crippen LogP contribution is 2.24. The summed E-state index contributed by atoms with van der Waals surface area (Å²) in [6.45, 7) is 7.82. The highest BCUT2D eigenvalue weighted by Gasteiger charge is 2.14. The summed E-state index contributed by atoms with van der Waals surface area (Å²) in [6, 6.07) is 15.7. The van der Waals surface area contributed by atoms with E-state index in [1.165, 1.54) is 5.56 Å². The van der Waals surface area contributed by atoms with Crippen molar-refractivity contribution in [3.8, 4) is 5.75 Å². The first kappa shape index (κ1) is 18.5. The number of aliphatic imine (C=N–C) groups is 1. The van der Waals surface area contributed by atoms with E-state index in [0.717, 1.165) is 23.6 Å². The molecule has 136 valence electrons. The van der Waals surface area contributed by atoms with E-state index in [2.05, 4.69) is 43.2 Å². The molecule has 1 aliphatic rings. The first-order chi connectivity index (χ1) is 12.4. The summed E-state index contributed by atoms with van der Waals surface area (Å²) in [6.07, 6.45) is 0. The Bertz CT molecular complexity index is 790. The van der Waals surface area contributed by atoms with E-state index in [-0.39, 0.29) is 11.3 Å². The molecule has 1 amide bonds. The number of amidine groups is 1. The van der Waals surface area contributed by atoms with Crippen molar-refractivity contribution in [3.63, 3.8) is 0 Å². The van der Waals surface area contributed by atoms with E-state index in [0.29, 0.717) is 17.3 Å². The lowest BCUT2D eigenvalue weighted by Crippen LogP contribution is -2.27. The van der Waals surface area contributed by atoms with Crippen LogP contribution in [0.15, 0.2) is 53.5 Å². The smallest absolute Gasteiger partial charge is 0.257 e. The highest BCUT2D eigenvalue weighted by atomic mass is 32.2. The van der Waals surface area contributed by atoms with Gasteiger partial charge in [0.15, 0.2) is 5.17 Å². The number of hydrogen-bond donors (Lipinski definition) is 1. The van der Waals surface area contributed by atoms with E-state index >= 15 is 0 Å². The number of nitrogens with zero attached hydrogens (tertiary/aromatic N) is 1. The maximum Gasteiger partial charge on any atom is 0.257 e. The van der Waals surface area contributed by atoms with Gasteiger partial charge in [0, 0.05) is 11.3 Å². The van der Waals surface area contributed by atoms with E-state index in [9.17, 15) is 4.79 Å². The van der Waals surface area contributed by atoms with Gasteiger partial charge in [-0.25, -0.2) is 0 Å². The third-order valence-corrected chi connectivity index (χ3v) is 5.04. The second kappa shape index (κ2) is 7.96. The Morgan fingerprint density at radius 1 is 1.12 bits per heavy atom. The van der Waals surface area contributed by atoms with Gasteiger partial charge in [-0.05, 0) is 40.8 Å². The minimum atomic E-state index is -0.122. The molecule has 0 aliphatic carbocycles. The van der Waals surface area contributed by atoms with Crippen LogP contribution < -0.4 is 10.1 Å². The molecular formula is C21H24N2O2S. The summed E-state index contributed by atoms with van der Waals surface area (Å²) in [5.41, 5.74) is 3.06. The van der Waals surface area contributed by atoms with Crippen LogP contribution in [0.3, 0.4) is 0 Å². The zero-order valence-corrected chi connectivity index (χ0v) is 16.2. The van der Waals surface area contributed by atoms with Gasteiger partial charge in [0.25, 0.3) is 5.91 Å². The van der Waals surface area contributed by atoms with Gasteiger partial charge in [-0.2, -0.15) is 0 Å². The van der Waals surface area contributed by atoms with Crippen LogP contribution >= 0.6 is 11.8 Å². The molecule has 2 aromatic carbocycles. The quantitative estimate of drug-likeness (QED) is 0.870. The topological polar surface area (TPSA) is 50.7 Å². The van der Waals surface area contributed by atoms with Crippen molar-refractivity contribution in [2.24, 2.45) is 4.99 Å². The van der Waals surface area contributed by atoms with Crippen molar-refractivity contribution in [1.29, 1.82) is 0 Å². The van der Waals surface area contributed by atoms with E-state index in [1.54, 1.807) is 11.8 Å². The summed E-state index contributed by atoms with van der Waals surface area (Å²) in [4.78, 5) is 16.4. The zero-order valence-electron chi connectivity index (χ0n) is 15.4. The molecule has 0 saturated heterocycles. The second-order valence-corrected chi connectivity index (χ2v) is 8.33. The predicted molar refractivity (Wildman–Crippen MR) is 108 cm³/mol. The normalized spacial score (nSPS) is 14.0. The Hall–Kier alpha value is -2.27. The number of hydrogen-bond acceptors (Lipinski definition) is 4. The lowest BCUT2D eigenvalue weighted by atomic mass is 9.87. The Balaban J connectivity index is 1.55. The van der Waals surface area contributed by atoms with Crippen molar-refractivity contribution in [3.05, 3.63) is 65.2 Å². The van der Waals surface area contributed by atoms with Crippen LogP contribution in [0.25, 0.3) is 0 Å². The van der Waals surface area contributed by atoms with E-state index in [1.807, 2.05) is 36.4 Å². The highest BCUT2D eigenvalue weighted by molar-refractivity contribution is 8.14. The van der Waals surface area contributed by atoms with Gasteiger partial charge >= 0.3 is 0 Å². The van der Waals surface area contributed by atoms with Crippen molar-refractivity contribution >= 4 is 22.8 Å². The van der Waals surface area contributed by atoms with Crippen LogP contribution in [0.5, 0.6) is 5.75 Å². The monoisotopic (exact) mass is 368 g/mol. The lowest BCUT2D eigenvalue weighted by Gasteiger charge is -2.19. The number of thioether (sulfide) groups is 1. The van der Waals surface area contributed by atoms with Gasteiger partial charge in [-0.15, -0.1) is 0 Å². The number of carbonyl (C=O) groups excluding carboxylic acids is 1. The van der Waals surface area contributed by atoms with Crippen LogP contribution in [-0.4, -0.2) is 23.4 Å². The van der Waals surface area contributed by atoms with Crippen LogP contribution in [0.1, 0.15) is 42.3 Å². The van der Waals surface area contributed by atoms with Crippen molar-refractivity contribution in [2.75, 3.05) is 12.3 Å². The molecular weight excluding hydrogens is 344 g/mol. The minimum absolute atomic E-state index is 0.122. The maximum absolute atomic E-state index is 12.2. The Kier molecular flexibility index (Phi) is 5.67. The fourth-order valence-electron chi connectivity index (χ4n) is 2.55. The number of carbonyl (C=O) groups is 1.